The summed E-state index contributed by atoms with van der Waals surface area (Å²) >= 11 is 0. The summed E-state index contributed by atoms with van der Waals surface area (Å²) in [4.78, 5) is 11.0. The Bertz CT molecular complexity index is 178. The minimum atomic E-state index is -0.178. The van der Waals surface area contributed by atoms with E-state index in [1.165, 1.54) is 20.0 Å². The van der Waals surface area contributed by atoms with Gasteiger partial charge in [-0.25, -0.2) is 0 Å². The topological polar surface area (TPSA) is 38.3 Å². The van der Waals surface area contributed by atoms with Crippen molar-refractivity contribution in [3.05, 3.63) is 0 Å². The van der Waals surface area contributed by atoms with Crippen molar-refractivity contribution in [1.29, 1.82) is 0 Å². The molecule has 0 heterocycles. The Kier molecular flexibility index (Phi) is 3.72. The normalized spacial score (nSPS) is 20.8. The summed E-state index contributed by atoms with van der Waals surface area (Å²) in [6, 6.07) is -0.175. The second-order valence-corrected chi connectivity index (χ2v) is 3.97. The molecule has 0 spiro atoms. The molecular formula is C10H19NO2. The molecule has 1 N–H and O–H groups in total. The number of carbonyl (C=O) groups is 1. The van der Waals surface area contributed by atoms with E-state index in [4.69, 9.17) is 0 Å². The molecular weight excluding hydrogens is 166 g/mol. The molecule has 0 aromatic rings. The van der Waals surface area contributed by atoms with E-state index >= 15 is 0 Å². The van der Waals surface area contributed by atoms with E-state index in [-0.39, 0.29) is 12.0 Å². The molecule has 1 rings (SSSR count). The van der Waals surface area contributed by atoms with Crippen LogP contribution >= 0.6 is 0 Å². The molecule has 1 fully saturated rings. The molecule has 76 valence electrons. The van der Waals surface area contributed by atoms with Crippen LogP contribution in [-0.4, -0.2) is 25.7 Å². The van der Waals surface area contributed by atoms with Crippen LogP contribution < -0.4 is 5.32 Å². The zero-order valence-electron chi connectivity index (χ0n) is 8.67. The third kappa shape index (κ3) is 3.35. The molecule has 0 aromatic heterocycles. The summed E-state index contributed by atoms with van der Waals surface area (Å²) in [5.41, 5.74) is 0. The van der Waals surface area contributed by atoms with Gasteiger partial charge < -0.3 is 10.1 Å². The van der Waals surface area contributed by atoms with Crippen LogP contribution in [0.1, 0.15) is 26.7 Å². The predicted octanol–water partition coefficient (Wildman–Crippen LogP) is 1.18. The molecule has 13 heavy (non-hydrogen) atoms. The summed E-state index contributed by atoms with van der Waals surface area (Å²) in [5, 5.41) is 3.18. The molecule has 3 nitrogen and oxygen atoms in total. The SMILES string of the molecule is COC(=O)C(C)NCC(C)C1CC1. The summed E-state index contributed by atoms with van der Waals surface area (Å²) in [5.74, 6) is 1.40. The van der Waals surface area contributed by atoms with Crippen molar-refractivity contribution in [1.82, 2.24) is 5.32 Å². The van der Waals surface area contributed by atoms with Gasteiger partial charge in [0.2, 0.25) is 0 Å². The Morgan fingerprint density at radius 2 is 2.15 bits per heavy atom. The van der Waals surface area contributed by atoms with Crippen LogP contribution in [0.25, 0.3) is 0 Å². The van der Waals surface area contributed by atoms with Crippen LogP contribution in [0.4, 0.5) is 0 Å². The lowest BCUT2D eigenvalue weighted by Gasteiger charge is -2.15. The first kappa shape index (κ1) is 10.5. The lowest BCUT2D eigenvalue weighted by molar-refractivity contribution is -0.142. The molecule has 0 saturated heterocycles. The number of nitrogens with one attached hydrogen (secondary N) is 1. The first-order valence-corrected chi connectivity index (χ1v) is 4.96. The molecule has 2 atom stereocenters. The van der Waals surface area contributed by atoms with E-state index < -0.39 is 0 Å². The van der Waals surface area contributed by atoms with E-state index in [2.05, 4.69) is 17.0 Å². The number of hydrogen-bond acceptors (Lipinski definition) is 3. The second kappa shape index (κ2) is 4.61. The largest absolute Gasteiger partial charge is 0.468 e. The van der Waals surface area contributed by atoms with E-state index in [1.807, 2.05) is 6.92 Å². The maximum Gasteiger partial charge on any atom is 0.322 e. The molecule has 0 radical (unpaired) electrons. The van der Waals surface area contributed by atoms with Gasteiger partial charge in [-0.1, -0.05) is 6.92 Å². The molecule has 2 unspecified atom stereocenters. The van der Waals surface area contributed by atoms with Crippen molar-refractivity contribution in [2.24, 2.45) is 11.8 Å². The Morgan fingerprint density at radius 3 is 2.62 bits per heavy atom. The number of hydrogen-bond donors (Lipinski definition) is 1. The highest BCUT2D eigenvalue weighted by atomic mass is 16.5. The van der Waals surface area contributed by atoms with Crippen LogP contribution in [0.15, 0.2) is 0 Å². The number of ether oxygens (including phenoxy) is 1. The van der Waals surface area contributed by atoms with Crippen molar-refractivity contribution in [3.8, 4) is 0 Å². The molecule has 0 aromatic carbocycles. The Balaban J connectivity index is 2.13. The average molecular weight is 185 g/mol. The van der Waals surface area contributed by atoms with Gasteiger partial charge in [-0.3, -0.25) is 4.79 Å². The van der Waals surface area contributed by atoms with Gasteiger partial charge in [-0.05, 0) is 38.1 Å². The highest BCUT2D eigenvalue weighted by Crippen LogP contribution is 2.36. The Morgan fingerprint density at radius 1 is 1.54 bits per heavy atom. The first-order chi connectivity index (χ1) is 6.15. The van der Waals surface area contributed by atoms with E-state index in [9.17, 15) is 4.79 Å². The van der Waals surface area contributed by atoms with Crippen LogP contribution in [-0.2, 0) is 9.53 Å². The highest BCUT2D eigenvalue weighted by molar-refractivity contribution is 5.75. The quantitative estimate of drug-likeness (QED) is 0.654. The van der Waals surface area contributed by atoms with Gasteiger partial charge in [0.1, 0.15) is 6.04 Å². The van der Waals surface area contributed by atoms with Crippen molar-refractivity contribution in [2.75, 3.05) is 13.7 Å². The minimum Gasteiger partial charge on any atom is -0.468 e. The molecule has 1 aliphatic rings. The van der Waals surface area contributed by atoms with Gasteiger partial charge in [-0.15, -0.1) is 0 Å². The van der Waals surface area contributed by atoms with Crippen molar-refractivity contribution < 1.29 is 9.53 Å². The fourth-order valence-electron chi connectivity index (χ4n) is 1.45. The van der Waals surface area contributed by atoms with Gasteiger partial charge in [-0.2, -0.15) is 0 Å². The number of rotatable bonds is 5. The fourth-order valence-corrected chi connectivity index (χ4v) is 1.45. The number of esters is 1. The fraction of sp³-hybridized carbons (Fsp3) is 0.900. The smallest absolute Gasteiger partial charge is 0.322 e. The third-order valence-electron chi connectivity index (χ3n) is 2.73. The monoisotopic (exact) mass is 185 g/mol. The van der Waals surface area contributed by atoms with Gasteiger partial charge in [0.25, 0.3) is 0 Å². The van der Waals surface area contributed by atoms with E-state index in [1.54, 1.807) is 0 Å². The van der Waals surface area contributed by atoms with Crippen molar-refractivity contribution in [2.45, 2.75) is 32.7 Å². The standard InChI is InChI=1S/C10H19NO2/c1-7(9-4-5-9)6-11-8(2)10(12)13-3/h7-9,11H,4-6H2,1-3H3. The molecule has 0 aliphatic heterocycles. The number of carbonyl (C=O) groups excluding carboxylic acids is 1. The maximum absolute atomic E-state index is 11.0. The van der Waals surface area contributed by atoms with E-state index in [0.29, 0.717) is 5.92 Å². The number of methoxy groups -OCH3 is 1. The minimum absolute atomic E-state index is 0.175. The van der Waals surface area contributed by atoms with Crippen molar-refractivity contribution >= 4 is 5.97 Å². The zero-order valence-corrected chi connectivity index (χ0v) is 8.67. The molecule has 1 aliphatic carbocycles. The summed E-state index contributed by atoms with van der Waals surface area (Å²) < 4.78 is 4.62. The van der Waals surface area contributed by atoms with Crippen LogP contribution in [0.3, 0.4) is 0 Å². The second-order valence-electron chi connectivity index (χ2n) is 3.97. The summed E-state index contributed by atoms with van der Waals surface area (Å²) in [6.07, 6.45) is 2.71. The van der Waals surface area contributed by atoms with Gasteiger partial charge in [0.05, 0.1) is 7.11 Å². The van der Waals surface area contributed by atoms with Crippen LogP contribution in [0, 0.1) is 11.8 Å². The molecule has 3 heteroatoms. The molecule has 1 saturated carbocycles. The van der Waals surface area contributed by atoms with Gasteiger partial charge >= 0.3 is 5.97 Å². The van der Waals surface area contributed by atoms with Gasteiger partial charge in [0.15, 0.2) is 0 Å². The molecule has 0 amide bonds. The first-order valence-electron chi connectivity index (χ1n) is 4.96. The van der Waals surface area contributed by atoms with Crippen LogP contribution in [0.2, 0.25) is 0 Å². The maximum atomic E-state index is 11.0. The summed E-state index contributed by atoms with van der Waals surface area (Å²) in [7, 11) is 1.42. The lowest BCUT2D eigenvalue weighted by Crippen LogP contribution is -2.37. The third-order valence-corrected chi connectivity index (χ3v) is 2.73. The average Bonchev–Trinajstić information content (AvgIpc) is 2.95. The Hall–Kier alpha value is -0.570. The zero-order chi connectivity index (χ0) is 9.84. The van der Waals surface area contributed by atoms with Crippen LogP contribution in [0.5, 0.6) is 0 Å². The van der Waals surface area contributed by atoms with E-state index in [0.717, 1.165) is 12.5 Å². The van der Waals surface area contributed by atoms with Gasteiger partial charge in [0, 0.05) is 0 Å². The highest BCUT2D eigenvalue weighted by Gasteiger charge is 2.28. The summed E-state index contributed by atoms with van der Waals surface area (Å²) in [6.45, 7) is 4.99. The lowest BCUT2D eigenvalue weighted by atomic mass is 10.1. The molecule has 0 bridgehead atoms. The van der Waals surface area contributed by atoms with Crippen molar-refractivity contribution in [3.63, 3.8) is 0 Å². The Labute approximate surface area is 79.8 Å². The predicted molar refractivity (Wildman–Crippen MR) is 51.4 cm³/mol.